The number of rotatable bonds is 8. The van der Waals surface area contributed by atoms with Crippen LogP contribution in [0.3, 0.4) is 0 Å². The summed E-state index contributed by atoms with van der Waals surface area (Å²) in [5.74, 6) is 0.910. The van der Waals surface area contributed by atoms with E-state index in [0.29, 0.717) is 18.8 Å². The minimum absolute atomic E-state index is 0.269. The zero-order chi connectivity index (χ0) is 12.7. The molecule has 1 rings (SSSR count). The molecule has 98 valence electrons. The Hall–Kier alpha value is -0.980. The fourth-order valence-electron chi connectivity index (χ4n) is 1.58. The highest BCUT2D eigenvalue weighted by Gasteiger charge is 2.15. The van der Waals surface area contributed by atoms with Gasteiger partial charge in [0.05, 0.1) is 0 Å². The first kappa shape index (κ1) is 14.1. The van der Waals surface area contributed by atoms with Gasteiger partial charge in [-0.25, -0.2) is 0 Å². The highest BCUT2D eigenvalue weighted by atomic mass is 16.5. The first-order valence-electron chi connectivity index (χ1n) is 6.14. The molecular formula is C11H22N4O2. The largest absolute Gasteiger partial charge is 0.383 e. The number of aliphatic hydroxyl groups is 1. The standard InChI is InChI=1S/C11H22N4O2/c1-3-15(4-2)8-6-10-13-11(17-14-10)9(16)5-7-12/h9,16H,3-8,12H2,1-2H3/t9-/m0/s1. The SMILES string of the molecule is CCN(CC)CCc1noc([C@@H](O)CCN)n1. The van der Waals surface area contributed by atoms with Crippen molar-refractivity contribution < 1.29 is 9.63 Å². The fourth-order valence-corrected chi connectivity index (χ4v) is 1.58. The lowest BCUT2D eigenvalue weighted by Crippen LogP contribution is -2.25. The van der Waals surface area contributed by atoms with Gasteiger partial charge in [0.2, 0.25) is 0 Å². The molecule has 3 N–H and O–H groups in total. The van der Waals surface area contributed by atoms with Crippen LogP contribution in [0, 0.1) is 0 Å². The zero-order valence-corrected chi connectivity index (χ0v) is 10.6. The van der Waals surface area contributed by atoms with Crippen LogP contribution in [-0.2, 0) is 6.42 Å². The van der Waals surface area contributed by atoms with E-state index in [9.17, 15) is 5.11 Å². The van der Waals surface area contributed by atoms with E-state index in [0.717, 1.165) is 26.1 Å². The van der Waals surface area contributed by atoms with Crippen molar-refractivity contribution in [3.8, 4) is 0 Å². The summed E-state index contributed by atoms with van der Waals surface area (Å²) in [6.45, 7) is 7.57. The summed E-state index contributed by atoms with van der Waals surface area (Å²) < 4.78 is 4.99. The lowest BCUT2D eigenvalue weighted by Gasteiger charge is -2.16. The number of hydrogen-bond donors (Lipinski definition) is 2. The van der Waals surface area contributed by atoms with Gasteiger partial charge in [-0.05, 0) is 26.1 Å². The summed E-state index contributed by atoms with van der Waals surface area (Å²) in [5, 5.41) is 13.5. The van der Waals surface area contributed by atoms with Crippen LogP contribution in [0.15, 0.2) is 4.52 Å². The highest BCUT2D eigenvalue weighted by molar-refractivity contribution is 4.90. The molecular weight excluding hydrogens is 220 g/mol. The number of nitrogens with zero attached hydrogens (tertiary/aromatic N) is 3. The van der Waals surface area contributed by atoms with E-state index in [2.05, 4.69) is 28.9 Å². The maximum Gasteiger partial charge on any atom is 0.255 e. The highest BCUT2D eigenvalue weighted by Crippen LogP contribution is 2.13. The van der Waals surface area contributed by atoms with E-state index < -0.39 is 6.10 Å². The van der Waals surface area contributed by atoms with E-state index >= 15 is 0 Å². The van der Waals surface area contributed by atoms with E-state index in [1.54, 1.807) is 0 Å². The number of aromatic nitrogens is 2. The van der Waals surface area contributed by atoms with Crippen molar-refractivity contribution >= 4 is 0 Å². The molecule has 0 bridgehead atoms. The summed E-state index contributed by atoms with van der Waals surface area (Å²) in [5.41, 5.74) is 5.35. The fraction of sp³-hybridized carbons (Fsp3) is 0.818. The van der Waals surface area contributed by atoms with Crippen molar-refractivity contribution in [1.82, 2.24) is 15.0 Å². The van der Waals surface area contributed by atoms with Crippen molar-refractivity contribution in [2.24, 2.45) is 5.73 Å². The third kappa shape index (κ3) is 4.41. The van der Waals surface area contributed by atoms with Gasteiger partial charge in [0.1, 0.15) is 6.10 Å². The van der Waals surface area contributed by atoms with Gasteiger partial charge in [-0.15, -0.1) is 0 Å². The Balaban J connectivity index is 2.45. The maximum absolute atomic E-state index is 9.62. The third-order valence-electron chi connectivity index (χ3n) is 2.76. The Bertz CT molecular complexity index is 312. The van der Waals surface area contributed by atoms with Crippen molar-refractivity contribution in [3.05, 3.63) is 11.7 Å². The van der Waals surface area contributed by atoms with Gasteiger partial charge in [-0.3, -0.25) is 0 Å². The number of hydrogen-bond acceptors (Lipinski definition) is 6. The summed E-state index contributed by atoms with van der Waals surface area (Å²) in [7, 11) is 0. The Morgan fingerprint density at radius 1 is 1.41 bits per heavy atom. The van der Waals surface area contributed by atoms with E-state index in [4.69, 9.17) is 10.3 Å². The predicted molar refractivity (Wildman–Crippen MR) is 64.4 cm³/mol. The summed E-state index contributed by atoms with van der Waals surface area (Å²) >= 11 is 0. The predicted octanol–water partition coefficient (Wildman–Crippen LogP) is 0.336. The molecule has 0 aromatic carbocycles. The maximum atomic E-state index is 9.62. The second-order valence-electron chi connectivity index (χ2n) is 3.92. The summed E-state index contributed by atoms with van der Waals surface area (Å²) in [4.78, 5) is 6.44. The first-order valence-corrected chi connectivity index (χ1v) is 6.14. The van der Waals surface area contributed by atoms with Crippen molar-refractivity contribution in [2.45, 2.75) is 32.8 Å². The van der Waals surface area contributed by atoms with Gasteiger partial charge < -0.3 is 20.3 Å². The monoisotopic (exact) mass is 242 g/mol. The second-order valence-corrected chi connectivity index (χ2v) is 3.92. The molecule has 0 radical (unpaired) electrons. The van der Waals surface area contributed by atoms with Gasteiger partial charge >= 0.3 is 0 Å². The van der Waals surface area contributed by atoms with Crippen LogP contribution in [0.1, 0.15) is 38.1 Å². The molecule has 0 spiro atoms. The average molecular weight is 242 g/mol. The molecule has 0 saturated heterocycles. The Kier molecular flexibility index (Phi) is 6.10. The molecule has 17 heavy (non-hydrogen) atoms. The molecule has 1 aromatic heterocycles. The van der Waals surface area contributed by atoms with Crippen LogP contribution in [0.2, 0.25) is 0 Å². The summed E-state index contributed by atoms with van der Waals surface area (Å²) in [6.07, 6.45) is 0.438. The molecule has 0 amide bonds. The smallest absolute Gasteiger partial charge is 0.255 e. The van der Waals surface area contributed by atoms with Crippen LogP contribution < -0.4 is 5.73 Å². The molecule has 6 nitrogen and oxygen atoms in total. The molecule has 0 aliphatic carbocycles. The van der Waals surface area contributed by atoms with Crippen molar-refractivity contribution in [2.75, 3.05) is 26.2 Å². The zero-order valence-electron chi connectivity index (χ0n) is 10.6. The molecule has 1 atom stereocenters. The molecule has 0 aliphatic heterocycles. The third-order valence-corrected chi connectivity index (χ3v) is 2.76. The average Bonchev–Trinajstić information content (AvgIpc) is 2.79. The first-order chi connectivity index (χ1) is 8.21. The number of likely N-dealkylation sites (N-methyl/N-ethyl adjacent to an activating group) is 1. The lowest BCUT2D eigenvalue weighted by atomic mass is 10.2. The summed E-state index contributed by atoms with van der Waals surface area (Å²) in [6, 6.07) is 0. The molecule has 0 saturated carbocycles. The van der Waals surface area contributed by atoms with Crippen molar-refractivity contribution in [1.29, 1.82) is 0 Å². The van der Waals surface area contributed by atoms with Gasteiger partial charge in [-0.2, -0.15) is 4.98 Å². The molecule has 0 unspecified atom stereocenters. The quantitative estimate of drug-likeness (QED) is 0.683. The molecule has 1 heterocycles. The van der Waals surface area contributed by atoms with Crippen LogP contribution in [0.25, 0.3) is 0 Å². The van der Waals surface area contributed by atoms with Crippen LogP contribution >= 0.6 is 0 Å². The minimum Gasteiger partial charge on any atom is -0.383 e. The van der Waals surface area contributed by atoms with Gasteiger partial charge in [0, 0.05) is 13.0 Å². The second kappa shape index (κ2) is 7.37. The molecule has 0 aliphatic rings. The molecule has 0 fully saturated rings. The van der Waals surface area contributed by atoms with E-state index in [-0.39, 0.29) is 5.89 Å². The Morgan fingerprint density at radius 2 is 2.12 bits per heavy atom. The minimum atomic E-state index is -0.741. The van der Waals surface area contributed by atoms with Gasteiger partial charge in [0.25, 0.3) is 5.89 Å². The Morgan fingerprint density at radius 3 is 2.71 bits per heavy atom. The van der Waals surface area contributed by atoms with Crippen LogP contribution in [-0.4, -0.2) is 46.3 Å². The Labute approximate surface area is 102 Å². The lowest BCUT2D eigenvalue weighted by molar-refractivity contribution is 0.127. The van der Waals surface area contributed by atoms with Gasteiger partial charge in [0.15, 0.2) is 5.82 Å². The molecule has 6 heteroatoms. The number of aliphatic hydroxyl groups excluding tert-OH is 1. The molecule has 1 aromatic rings. The van der Waals surface area contributed by atoms with E-state index in [1.807, 2.05) is 0 Å². The normalized spacial score (nSPS) is 13.2. The van der Waals surface area contributed by atoms with Crippen molar-refractivity contribution in [3.63, 3.8) is 0 Å². The van der Waals surface area contributed by atoms with Crippen LogP contribution in [0.5, 0.6) is 0 Å². The van der Waals surface area contributed by atoms with Crippen LogP contribution in [0.4, 0.5) is 0 Å². The van der Waals surface area contributed by atoms with Gasteiger partial charge in [-0.1, -0.05) is 19.0 Å². The van der Waals surface area contributed by atoms with E-state index in [1.165, 1.54) is 0 Å². The topological polar surface area (TPSA) is 88.4 Å². The number of nitrogens with two attached hydrogens (primary N) is 1.